The van der Waals surface area contributed by atoms with Crippen molar-refractivity contribution >= 4 is 28.7 Å². The maximum Gasteiger partial charge on any atom is 0.265 e. The normalized spacial score (nSPS) is 20.7. The average molecular weight is 371 g/mol. The number of carbonyl (C=O) groups excluding carboxylic acids is 1. The van der Waals surface area contributed by atoms with E-state index < -0.39 is 0 Å². The highest BCUT2D eigenvalue weighted by Crippen LogP contribution is 2.32. The van der Waals surface area contributed by atoms with E-state index in [2.05, 4.69) is 40.1 Å². The Bertz CT molecular complexity index is 778. The maximum absolute atomic E-state index is 12.6. The summed E-state index contributed by atoms with van der Waals surface area (Å²) in [5, 5.41) is 3.00. The van der Waals surface area contributed by atoms with Crippen molar-refractivity contribution in [2.24, 2.45) is 5.92 Å². The fourth-order valence-electron chi connectivity index (χ4n) is 3.69. The molecule has 26 heavy (non-hydrogen) atoms. The van der Waals surface area contributed by atoms with E-state index in [4.69, 9.17) is 0 Å². The minimum Gasteiger partial charge on any atom is -0.354 e. The third-order valence-electron chi connectivity index (χ3n) is 5.39. The monoisotopic (exact) mass is 370 g/mol. The highest BCUT2D eigenvalue weighted by Gasteiger charge is 2.21. The molecule has 0 bridgehead atoms. The van der Waals surface area contributed by atoms with E-state index in [0.29, 0.717) is 0 Å². The molecule has 1 amide bonds. The lowest BCUT2D eigenvalue weighted by atomic mass is 9.90. The zero-order valence-corrected chi connectivity index (χ0v) is 16.3. The third-order valence-corrected chi connectivity index (χ3v) is 6.62. The molecule has 0 radical (unpaired) electrons. The molecule has 1 saturated heterocycles. The van der Waals surface area contributed by atoms with Gasteiger partial charge >= 0.3 is 0 Å². The van der Waals surface area contributed by atoms with Gasteiger partial charge in [0.1, 0.15) is 5.82 Å². The van der Waals surface area contributed by atoms with Crippen molar-refractivity contribution < 1.29 is 4.79 Å². The third kappa shape index (κ3) is 3.76. The number of carbonyl (C=O) groups is 1. The van der Waals surface area contributed by atoms with Crippen molar-refractivity contribution in [1.29, 1.82) is 0 Å². The minimum atomic E-state index is -0.0220. The molecule has 1 N–H and O–H groups in total. The summed E-state index contributed by atoms with van der Waals surface area (Å²) in [7, 11) is 2.15. The number of nitrogens with zero attached hydrogens (tertiary/aromatic N) is 3. The Morgan fingerprint density at radius 2 is 2.08 bits per heavy atom. The summed E-state index contributed by atoms with van der Waals surface area (Å²) in [6.45, 7) is 6.39. The molecule has 2 aromatic rings. The summed E-state index contributed by atoms with van der Waals surface area (Å²) in [6.07, 6.45) is 5.20. The molecule has 4 rings (SSSR count). The molecule has 6 heteroatoms. The predicted molar refractivity (Wildman–Crippen MR) is 107 cm³/mol. The number of piperazine rings is 1. The lowest BCUT2D eigenvalue weighted by molar-refractivity contribution is 0.103. The first-order valence-electron chi connectivity index (χ1n) is 9.41. The van der Waals surface area contributed by atoms with E-state index in [1.54, 1.807) is 17.5 Å². The van der Waals surface area contributed by atoms with E-state index in [1.807, 2.05) is 12.1 Å². The Kier molecular flexibility index (Phi) is 4.96. The van der Waals surface area contributed by atoms with Gasteiger partial charge < -0.3 is 15.1 Å². The molecule has 0 saturated carbocycles. The van der Waals surface area contributed by atoms with Crippen LogP contribution in [0.1, 0.15) is 33.5 Å². The van der Waals surface area contributed by atoms with Crippen molar-refractivity contribution in [2.75, 3.05) is 43.4 Å². The Hall–Kier alpha value is -1.92. The van der Waals surface area contributed by atoms with Crippen LogP contribution in [0.2, 0.25) is 0 Å². The smallest absolute Gasteiger partial charge is 0.265 e. The fraction of sp³-hybridized carbons (Fsp3) is 0.500. The molecule has 1 aliphatic heterocycles. The van der Waals surface area contributed by atoms with Gasteiger partial charge in [-0.15, -0.1) is 11.3 Å². The largest absolute Gasteiger partial charge is 0.354 e. The molecule has 1 fully saturated rings. The van der Waals surface area contributed by atoms with Crippen LogP contribution in [-0.2, 0) is 12.8 Å². The molecule has 1 aliphatic carbocycles. The number of amides is 1. The summed E-state index contributed by atoms with van der Waals surface area (Å²) in [5.41, 5.74) is 2.12. The van der Waals surface area contributed by atoms with Crippen LogP contribution in [0.3, 0.4) is 0 Å². The summed E-state index contributed by atoms with van der Waals surface area (Å²) < 4.78 is 0. The lowest BCUT2D eigenvalue weighted by Crippen LogP contribution is -2.44. The second kappa shape index (κ2) is 7.37. The van der Waals surface area contributed by atoms with Gasteiger partial charge in [0.2, 0.25) is 0 Å². The number of nitrogens with one attached hydrogen (secondary N) is 1. The van der Waals surface area contributed by atoms with Gasteiger partial charge in [-0.05, 0) is 56.0 Å². The molecule has 138 valence electrons. The Labute approximate surface area is 159 Å². The van der Waals surface area contributed by atoms with Crippen LogP contribution in [0.5, 0.6) is 0 Å². The first kappa shape index (κ1) is 17.5. The first-order valence-corrected chi connectivity index (χ1v) is 10.2. The van der Waals surface area contributed by atoms with Crippen molar-refractivity contribution in [3.63, 3.8) is 0 Å². The second-order valence-corrected chi connectivity index (χ2v) is 8.69. The van der Waals surface area contributed by atoms with Crippen molar-refractivity contribution in [2.45, 2.75) is 26.2 Å². The number of anilines is 2. The number of rotatable bonds is 3. The standard InChI is InChI=1S/C20H26N4OS/c1-14-3-5-17-15(11-14)12-18(26-17)20(25)22-16-4-6-19(21-13-16)24-9-7-23(2)8-10-24/h4,6,12-14H,3,5,7-11H2,1-2H3,(H,22,25)/t14-/m0/s1. The summed E-state index contributed by atoms with van der Waals surface area (Å²) >= 11 is 1.65. The zero-order chi connectivity index (χ0) is 18.1. The number of fused-ring (bicyclic) bond motifs is 1. The van der Waals surface area contributed by atoms with Crippen LogP contribution in [0.25, 0.3) is 0 Å². The van der Waals surface area contributed by atoms with Gasteiger partial charge in [0, 0.05) is 31.1 Å². The first-order chi connectivity index (χ1) is 12.6. The van der Waals surface area contributed by atoms with E-state index >= 15 is 0 Å². The van der Waals surface area contributed by atoms with Gasteiger partial charge in [-0.2, -0.15) is 0 Å². The topological polar surface area (TPSA) is 48.5 Å². The number of likely N-dealkylation sites (N-methyl/N-ethyl adjacent to an activating group) is 1. The van der Waals surface area contributed by atoms with Gasteiger partial charge in [0.05, 0.1) is 16.8 Å². The molecule has 5 nitrogen and oxygen atoms in total. The van der Waals surface area contributed by atoms with Crippen LogP contribution in [-0.4, -0.2) is 49.0 Å². The summed E-state index contributed by atoms with van der Waals surface area (Å²) in [4.78, 5) is 24.0. The van der Waals surface area contributed by atoms with Crippen LogP contribution in [0, 0.1) is 5.92 Å². The number of hydrogen-bond donors (Lipinski definition) is 1. The summed E-state index contributed by atoms with van der Waals surface area (Å²) in [5.74, 6) is 1.68. The SMILES string of the molecule is C[C@H]1CCc2sc(C(=O)Nc3ccc(N4CCN(C)CC4)nc3)cc2C1. The van der Waals surface area contributed by atoms with E-state index in [9.17, 15) is 4.79 Å². The predicted octanol–water partition coefficient (Wildman–Crippen LogP) is 3.27. The molecular weight excluding hydrogens is 344 g/mol. The number of pyridine rings is 1. The van der Waals surface area contributed by atoms with Crippen molar-refractivity contribution in [1.82, 2.24) is 9.88 Å². The van der Waals surface area contributed by atoms with Crippen LogP contribution >= 0.6 is 11.3 Å². The Morgan fingerprint density at radius 3 is 2.81 bits per heavy atom. The fourth-order valence-corrected chi connectivity index (χ4v) is 4.80. The van der Waals surface area contributed by atoms with Gasteiger partial charge in [-0.1, -0.05) is 6.92 Å². The van der Waals surface area contributed by atoms with Gasteiger partial charge in [-0.3, -0.25) is 4.79 Å². The Morgan fingerprint density at radius 1 is 1.27 bits per heavy atom. The van der Waals surface area contributed by atoms with Crippen LogP contribution in [0.15, 0.2) is 24.4 Å². The molecule has 0 unspecified atom stereocenters. The quantitative estimate of drug-likeness (QED) is 0.901. The number of thiophene rings is 1. The van der Waals surface area contributed by atoms with Gasteiger partial charge in [-0.25, -0.2) is 4.98 Å². The minimum absolute atomic E-state index is 0.0220. The molecule has 3 heterocycles. The Balaban J connectivity index is 1.40. The maximum atomic E-state index is 12.6. The highest BCUT2D eigenvalue weighted by molar-refractivity contribution is 7.14. The van der Waals surface area contributed by atoms with E-state index in [1.165, 1.54) is 16.9 Å². The molecule has 2 aromatic heterocycles. The molecule has 0 aromatic carbocycles. The van der Waals surface area contributed by atoms with Gasteiger partial charge in [0.15, 0.2) is 0 Å². The van der Waals surface area contributed by atoms with Crippen molar-refractivity contribution in [3.05, 3.63) is 39.7 Å². The van der Waals surface area contributed by atoms with Crippen LogP contribution < -0.4 is 10.2 Å². The van der Waals surface area contributed by atoms with Crippen LogP contribution in [0.4, 0.5) is 11.5 Å². The molecule has 0 spiro atoms. The summed E-state index contributed by atoms with van der Waals surface area (Å²) in [6, 6.07) is 6.03. The second-order valence-electron chi connectivity index (χ2n) is 7.56. The molecule has 1 atom stereocenters. The number of aromatic nitrogens is 1. The zero-order valence-electron chi connectivity index (χ0n) is 15.5. The molecule has 2 aliphatic rings. The average Bonchev–Trinajstić information content (AvgIpc) is 3.06. The van der Waals surface area contributed by atoms with E-state index in [0.717, 1.165) is 61.3 Å². The van der Waals surface area contributed by atoms with E-state index in [-0.39, 0.29) is 5.91 Å². The number of hydrogen-bond acceptors (Lipinski definition) is 5. The van der Waals surface area contributed by atoms with Gasteiger partial charge in [0.25, 0.3) is 5.91 Å². The van der Waals surface area contributed by atoms with Crippen molar-refractivity contribution in [3.8, 4) is 0 Å². The lowest BCUT2D eigenvalue weighted by Gasteiger charge is -2.33. The number of aryl methyl sites for hydroxylation is 1. The molecular formula is C20H26N4OS. The highest BCUT2D eigenvalue weighted by atomic mass is 32.1.